The predicted molar refractivity (Wildman–Crippen MR) is 129 cm³/mol. The lowest BCUT2D eigenvalue weighted by molar-refractivity contribution is -0.124. The van der Waals surface area contributed by atoms with Gasteiger partial charge < -0.3 is 14.4 Å². The van der Waals surface area contributed by atoms with E-state index < -0.39 is 6.10 Å². The highest BCUT2D eigenvalue weighted by Crippen LogP contribution is 2.31. The second-order valence-corrected chi connectivity index (χ2v) is 8.23. The fraction of sp³-hybridized carbons (Fsp3) is 0.346. The minimum atomic E-state index is -0.712. The number of hydrogen-bond acceptors (Lipinski definition) is 5. The maximum Gasteiger partial charge on any atom is 0.277 e. The number of nitrogens with zero attached hydrogens (tertiary/aromatic N) is 3. The molecular formula is C26H29N3O4. The quantitative estimate of drug-likeness (QED) is 0.620. The molecule has 0 saturated carbocycles. The standard InChI is InChI=1S/C26H29N3O4/c1-18(25(30)28(2)20-10-6-4-7-11-20)33-22-14-13-19(17-23(22)32-3)16-21-26(31)29-15-9-5-8-12-24(29)27-21/h4,6-7,10-11,13-14,16-18H,5,8-9,12,15H2,1-3H3. The third kappa shape index (κ3) is 4.92. The van der Waals surface area contributed by atoms with Gasteiger partial charge in [-0.15, -0.1) is 0 Å². The molecule has 172 valence electrons. The summed E-state index contributed by atoms with van der Waals surface area (Å²) in [7, 11) is 3.27. The zero-order valence-corrected chi connectivity index (χ0v) is 19.3. The van der Waals surface area contributed by atoms with Crippen LogP contribution in [0.3, 0.4) is 0 Å². The smallest absolute Gasteiger partial charge is 0.277 e. The van der Waals surface area contributed by atoms with E-state index in [2.05, 4.69) is 4.99 Å². The van der Waals surface area contributed by atoms with Gasteiger partial charge in [0.15, 0.2) is 17.6 Å². The first-order valence-corrected chi connectivity index (χ1v) is 11.3. The van der Waals surface area contributed by atoms with E-state index in [9.17, 15) is 9.59 Å². The molecule has 1 saturated heterocycles. The second kappa shape index (κ2) is 9.90. The highest BCUT2D eigenvalue weighted by Gasteiger charge is 2.30. The maximum absolute atomic E-state index is 12.8. The molecule has 2 aliphatic rings. The van der Waals surface area contributed by atoms with Gasteiger partial charge in [0, 0.05) is 25.7 Å². The minimum absolute atomic E-state index is 0.0469. The van der Waals surface area contributed by atoms with E-state index in [0.717, 1.165) is 49.3 Å². The topological polar surface area (TPSA) is 71.4 Å². The summed E-state index contributed by atoms with van der Waals surface area (Å²) in [5, 5.41) is 0. The van der Waals surface area contributed by atoms with E-state index >= 15 is 0 Å². The van der Waals surface area contributed by atoms with Crippen molar-refractivity contribution in [2.24, 2.45) is 4.99 Å². The molecule has 1 unspecified atom stereocenters. The van der Waals surface area contributed by atoms with Crippen LogP contribution >= 0.6 is 0 Å². The number of amides is 2. The van der Waals surface area contributed by atoms with E-state index in [1.165, 1.54) is 0 Å². The number of aliphatic imine (C=N–C) groups is 1. The maximum atomic E-state index is 12.8. The highest BCUT2D eigenvalue weighted by atomic mass is 16.5. The Hall–Kier alpha value is -3.61. The van der Waals surface area contributed by atoms with Gasteiger partial charge in [-0.1, -0.05) is 30.7 Å². The number of methoxy groups -OCH3 is 1. The SMILES string of the molecule is COc1cc(C=C2N=C3CCCCCN3C2=O)ccc1OC(C)C(=O)N(C)c1ccccc1. The van der Waals surface area contributed by atoms with Crippen LogP contribution in [0.5, 0.6) is 11.5 Å². The molecule has 0 bridgehead atoms. The number of likely N-dealkylation sites (N-methyl/N-ethyl adjacent to an activating group) is 1. The van der Waals surface area contributed by atoms with E-state index in [1.54, 1.807) is 49.1 Å². The molecule has 0 N–H and O–H groups in total. The van der Waals surface area contributed by atoms with Crippen molar-refractivity contribution in [3.63, 3.8) is 0 Å². The Labute approximate surface area is 194 Å². The Bertz CT molecular complexity index is 1090. The van der Waals surface area contributed by atoms with Crippen molar-refractivity contribution in [3.8, 4) is 11.5 Å². The van der Waals surface area contributed by atoms with Crippen molar-refractivity contribution in [3.05, 3.63) is 59.8 Å². The van der Waals surface area contributed by atoms with Gasteiger partial charge in [-0.05, 0) is 55.7 Å². The molecule has 2 aromatic rings. The van der Waals surface area contributed by atoms with Crippen molar-refractivity contribution in [1.29, 1.82) is 0 Å². The predicted octanol–water partition coefficient (Wildman–Crippen LogP) is 4.28. The third-order valence-corrected chi connectivity index (χ3v) is 5.92. The van der Waals surface area contributed by atoms with Crippen molar-refractivity contribution in [2.75, 3.05) is 25.6 Å². The first kappa shape index (κ1) is 22.6. The number of fused-ring (bicyclic) bond motifs is 1. The van der Waals surface area contributed by atoms with Crippen LogP contribution in [-0.4, -0.2) is 49.4 Å². The molecule has 1 atom stereocenters. The number of carbonyl (C=O) groups excluding carboxylic acids is 2. The molecule has 2 aromatic carbocycles. The fourth-order valence-corrected chi connectivity index (χ4v) is 4.07. The Morgan fingerprint density at radius 3 is 2.67 bits per heavy atom. The number of rotatable bonds is 6. The lowest BCUT2D eigenvalue weighted by Crippen LogP contribution is -2.38. The molecule has 7 nitrogen and oxygen atoms in total. The summed E-state index contributed by atoms with van der Waals surface area (Å²) in [4.78, 5) is 33.5. The largest absolute Gasteiger partial charge is 0.493 e. The molecule has 1 fully saturated rings. The third-order valence-electron chi connectivity index (χ3n) is 5.92. The lowest BCUT2D eigenvalue weighted by Gasteiger charge is -2.23. The number of ether oxygens (including phenoxy) is 2. The minimum Gasteiger partial charge on any atom is -0.493 e. The van der Waals surface area contributed by atoms with Crippen molar-refractivity contribution < 1.29 is 19.1 Å². The first-order chi connectivity index (χ1) is 16.0. The molecule has 2 aliphatic heterocycles. The van der Waals surface area contributed by atoms with Crippen molar-refractivity contribution in [2.45, 2.75) is 38.7 Å². The van der Waals surface area contributed by atoms with E-state index in [0.29, 0.717) is 17.2 Å². The second-order valence-electron chi connectivity index (χ2n) is 8.23. The van der Waals surface area contributed by atoms with Gasteiger partial charge in [0.25, 0.3) is 11.8 Å². The van der Waals surface area contributed by atoms with Gasteiger partial charge in [-0.25, -0.2) is 4.99 Å². The monoisotopic (exact) mass is 447 g/mol. The number of carbonyl (C=O) groups is 2. The molecule has 0 aliphatic carbocycles. The lowest BCUT2D eigenvalue weighted by atomic mass is 10.1. The van der Waals surface area contributed by atoms with Crippen molar-refractivity contribution >= 4 is 29.4 Å². The summed E-state index contributed by atoms with van der Waals surface area (Å²) in [6, 6.07) is 14.8. The molecule has 0 aromatic heterocycles. The number of anilines is 1. The van der Waals surface area contributed by atoms with Gasteiger partial charge in [0.1, 0.15) is 11.5 Å². The Morgan fingerprint density at radius 1 is 1.12 bits per heavy atom. The van der Waals surface area contributed by atoms with E-state index in [1.807, 2.05) is 36.4 Å². The van der Waals surface area contributed by atoms with Gasteiger partial charge in [-0.3, -0.25) is 14.5 Å². The summed E-state index contributed by atoms with van der Waals surface area (Å²) >= 11 is 0. The zero-order chi connectivity index (χ0) is 23.4. The Morgan fingerprint density at radius 2 is 1.91 bits per heavy atom. The Balaban J connectivity index is 1.50. The van der Waals surface area contributed by atoms with Crippen LogP contribution in [-0.2, 0) is 9.59 Å². The van der Waals surface area contributed by atoms with Crippen molar-refractivity contribution in [1.82, 2.24) is 4.90 Å². The number of amidine groups is 1. The fourth-order valence-electron chi connectivity index (χ4n) is 4.07. The summed E-state index contributed by atoms with van der Waals surface area (Å²) < 4.78 is 11.4. The van der Waals surface area contributed by atoms with Crippen LogP contribution in [0.2, 0.25) is 0 Å². The van der Waals surface area contributed by atoms with Crippen LogP contribution in [0, 0.1) is 0 Å². The van der Waals surface area contributed by atoms with Crippen LogP contribution in [0.4, 0.5) is 5.69 Å². The molecule has 2 amide bonds. The average Bonchev–Trinajstić information content (AvgIpc) is 2.99. The summed E-state index contributed by atoms with van der Waals surface area (Å²) in [5.41, 5.74) is 2.02. The van der Waals surface area contributed by atoms with Gasteiger partial charge in [0.2, 0.25) is 0 Å². The molecular weight excluding hydrogens is 418 g/mol. The van der Waals surface area contributed by atoms with Crippen LogP contribution < -0.4 is 14.4 Å². The van der Waals surface area contributed by atoms with Crippen LogP contribution in [0.25, 0.3) is 6.08 Å². The molecule has 0 spiro atoms. The van der Waals surface area contributed by atoms with E-state index in [4.69, 9.17) is 9.47 Å². The Kier molecular flexibility index (Phi) is 6.77. The summed E-state index contributed by atoms with van der Waals surface area (Å²) in [5.74, 6) is 1.59. The van der Waals surface area contributed by atoms with Gasteiger partial charge in [0.05, 0.1) is 7.11 Å². The van der Waals surface area contributed by atoms with Crippen LogP contribution in [0.15, 0.2) is 59.2 Å². The normalized spacial score (nSPS) is 17.8. The van der Waals surface area contributed by atoms with Gasteiger partial charge in [-0.2, -0.15) is 0 Å². The number of benzene rings is 2. The molecule has 7 heteroatoms. The zero-order valence-electron chi connectivity index (χ0n) is 19.3. The molecule has 2 heterocycles. The highest BCUT2D eigenvalue weighted by molar-refractivity contribution is 6.14. The van der Waals surface area contributed by atoms with Crippen LogP contribution in [0.1, 0.15) is 38.2 Å². The van der Waals surface area contributed by atoms with Gasteiger partial charge >= 0.3 is 0 Å². The molecule has 4 rings (SSSR count). The molecule has 0 radical (unpaired) electrons. The number of para-hydroxylation sites is 1. The van der Waals surface area contributed by atoms with E-state index in [-0.39, 0.29) is 11.8 Å². The first-order valence-electron chi connectivity index (χ1n) is 11.3. The summed E-state index contributed by atoms with van der Waals surface area (Å²) in [6.45, 7) is 2.44. The molecule has 33 heavy (non-hydrogen) atoms. The number of hydrogen-bond donors (Lipinski definition) is 0. The summed E-state index contributed by atoms with van der Waals surface area (Å²) in [6.07, 6.45) is 5.09. The average molecular weight is 448 g/mol.